The van der Waals surface area contributed by atoms with Crippen LogP contribution in [0.25, 0.3) is 10.9 Å². The Labute approximate surface area is 95.8 Å². The molecule has 0 radical (unpaired) electrons. The van der Waals surface area contributed by atoms with Gasteiger partial charge in [-0.3, -0.25) is 0 Å². The van der Waals surface area contributed by atoms with Crippen molar-refractivity contribution in [2.45, 2.75) is 32.1 Å². The van der Waals surface area contributed by atoms with E-state index in [0.717, 1.165) is 6.54 Å². The average molecular weight is 214 g/mol. The van der Waals surface area contributed by atoms with E-state index < -0.39 is 0 Å². The highest BCUT2D eigenvalue weighted by molar-refractivity contribution is 5.86. The number of benzene rings is 1. The van der Waals surface area contributed by atoms with Crippen LogP contribution in [0.5, 0.6) is 0 Å². The molecule has 0 spiro atoms. The predicted octanol–water partition coefficient (Wildman–Crippen LogP) is 2.72. The Hall–Kier alpha value is -1.28. The minimum Gasteiger partial charge on any atom is -0.358 e. The van der Waals surface area contributed by atoms with Crippen LogP contribution in [0, 0.1) is 0 Å². The van der Waals surface area contributed by atoms with Crippen LogP contribution in [0.3, 0.4) is 0 Å². The predicted molar refractivity (Wildman–Crippen MR) is 67.8 cm³/mol. The highest BCUT2D eigenvalue weighted by atomic mass is 14.7. The van der Waals surface area contributed by atoms with Gasteiger partial charge in [0, 0.05) is 16.6 Å². The number of fused-ring (bicyclic) bond motifs is 3. The Kier molecular flexibility index (Phi) is 2.25. The molecule has 0 saturated carbocycles. The van der Waals surface area contributed by atoms with Crippen LogP contribution >= 0.6 is 0 Å². The summed E-state index contributed by atoms with van der Waals surface area (Å²) in [4.78, 5) is 3.53. The van der Waals surface area contributed by atoms with Crippen molar-refractivity contribution in [1.82, 2.24) is 4.98 Å². The van der Waals surface area contributed by atoms with Crippen molar-refractivity contribution >= 4 is 10.9 Å². The molecule has 0 aliphatic heterocycles. The fourth-order valence-electron chi connectivity index (χ4n) is 2.70. The quantitative estimate of drug-likeness (QED) is 0.793. The number of hydrogen-bond acceptors (Lipinski definition) is 1. The molecule has 1 atom stereocenters. The monoisotopic (exact) mass is 214 g/mol. The van der Waals surface area contributed by atoms with Gasteiger partial charge in [-0.15, -0.1) is 0 Å². The lowest BCUT2D eigenvalue weighted by Crippen LogP contribution is -2.08. The van der Waals surface area contributed by atoms with Crippen LogP contribution in [-0.4, -0.2) is 11.5 Å². The van der Waals surface area contributed by atoms with E-state index in [0.29, 0.717) is 5.92 Å². The summed E-state index contributed by atoms with van der Waals surface area (Å²) in [6.07, 6.45) is 3.75. The summed E-state index contributed by atoms with van der Waals surface area (Å²) in [7, 11) is 0. The van der Waals surface area contributed by atoms with Gasteiger partial charge in [0.15, 0.2) is 0 Å². The van der Waals surface area contributed by atoms with E-state index in [1.54, 1.807) is 5.56 Å². The third-order valence-electron chi connectivity index (χ3n) is 3.79. The maximum absolute atomic E-state index is 5.73. The summed E-state index contributed by atoms with van der Waals surface area (Å²) in [5.74, 6) is 0.455. The zero-order valence-electron chi connectivity index (χ0n) is 9.72. The maximum Gasteiger partial charge on any atom is 0.0459 e. The summed E-state index contributed by atoms with van der Waals surface area (Å²) >= 11 is 0. The molecule has 3 rings (SSSR count). The number of hydrogen-bond donors (Lipinski definition) is 2. The number of aryl methyl sites for hydroxylation is 2. The molecule has 84 valence electrons. The molecule has 0 fully saturated rings. The molecule has 1 aromatic carbocycles. The van der Waals surface area contributed by atoms with Crippen LogP contribution < -0.4 is 5.73 Å². The second-order valence-electron chi connectivity index (χ2n) is 4.88. The highest BCUT2D eigenvalue weighted by Gasteiger charge is 2.17. The van der Waals surface area contributed by atoms with Gasteiger partial charge in [0.1, 0.15) is 0 Å². The number of aromatic amines is 1. The molecule has 2 nitrogen and oxygen atoms in total. The molecule has 3 N–H and O–H groups in total. The first-order chi connectivity index (χ1) is 7.79. The molecule has 0 amide bonds. The Morgan fingerprint density at radius 2 is 2.25 bits per heavy atom. The molecule has 2 aromatic rings. The van der Waals surface area contributed by atoms with E-state index in [4.69, 9.17) is 5.73 Å². The number of aromatic nitrogens is 1. The molecule has 16 heavy (non-hydrogen) atoms. The molecule has 1 aliphatic carbocycles. The first-order valence-electron chi connectivity index (χ1n) is 6.13. The van der Waals surface area contributed by atoms with Gasteiger partial charge in [-0.25, -0.2) is 0 Å². The number of nitrogens with one attached hydrogen (secondary N) is 1. The summed E-state index contributed by atoms with van der Waals surface area (Å²) < 4.78 is 0. The number of rotatable bonds is 2. The fraction of sp³-hybridized carbons (Fsp3) is 0.429. The zero-order chi connectivity index (χ0) is 11.1. The summed E-state index contributed by atoms with van der Waals surface area (Å²) in [6.45, 7) is 2.91. The normalized spacial score (nSPS) is 16.6. The van der Waals surface area contributed by atoms with Gasteiger partial charge in [-0.2, -0.15) is 0 Å². The standard InChI is InChI=1S/C14H18N2/c1-9(8-15)10-5-6-14-12(7-10)11-3-2-4-13(11)16-14/h5-7,9,16H,2-4,8,15H2,1H3. The van der Waals surface area contributed by atoms with Crippen molar-refractivity contribution in [3.8, 4) is 0 Å². The van der Waals surface area contributed by atoms with Crippen molar-refractivity contribution in [2.75, 3.05) is 6.54 Å². The van der Waals surface area contributed by atoms with E-state index in [-0.39, 0.29) is 0 Å². The van der Waals surface area contributed by atoms with E-state index in [2.05, 4.69) is 30.1 Å². The topological polar surface area (TPSA) is 41.8 Å². The van der Waals surface area contributed by atoms with Crippen LogP contribution in [0.2, 0.25) is 0 Å². The number of H-pyrrole nitrogens is 1. The highest BCUT2D eigenvalue weighted by Crippen LogP contribution is 2.31. The average Bonchev–Trinajstić information content (AvgIpc) is 2.87. The molecule has 0 saturated heterocycles. The lowest BCUT2D eigenvalue weighted by atomic mass is 9.98. The van der Waals surface area contributed by atoms with Gasteiger partial charge in [0.25, 0.3) is 0 Å². The lowest BCUT2D eigenvalue weighted by Gasteiger charge is -2.08. The number of nitrogens with two attached hydrogens (primary N) is 1. The molecular formula is C14H18N2. The summed E-state index contributed by atoms with van der Waals surface area (Å²) in [6, 6.07) is 6.73. The van der Waals surface area contributed by atoms with Crippen LogP contribution in [-0.2, 0) is 12.8 Å². The van der Waals surface area contributed by atoms with Crippen LogP contribution in [0.1, 0.15) is 36.1 Å². The van der Waals surface area contributed by atoms with Crippen molar-refractivity contribution in [3.63, 3.8) is 0 Å². The first kappa shape index (κ1) is 9.91. The molecule has 1 aromatic heterocycles. The van der Waals surface area contributed by atoms with Gasteiger partial charge >= 0.3 is 0 Å². The Morgan fingerprint density at radius 3 is 3.06 bits per heavy atom. The molecule has 2 heteroatoms. The summed E-state index contributed by atoms with van der Waals surface area (Å²) in [5, 5.41) is 1.42. The van der Waals surface area contributed by atoms with Gasteiger partial charge in [-0.1, -0.05) is 13.0 Å². The largest absolute Gasteiger partial charge is 0.358 e. The minimum absolute atomic E-state index is 0.455. The Morgan fingerprint density at radius 1 is 1.38 bits per heavy atom. The zero-order valence-corrected chi connectivity index (χ0v) is 9.72. The van der Waals surface area contributed by atoms with Crippen LogP contribution in [0.4, 0.5) is 0 Å². The first-order valence-corrected chi connectivity index (χ1v) is 6.13. The van der Waals surface area contributed by atoms with Crippen molar-refractivity contribution in [2.24, 2.45) is 5.73 Å². The van der Waals surface area contributed by atoms with Gasteiger partial charge < -0.3 is 10.7 Å². The van der Waals surface area contributed by atoms with E-state index in [1.807, 2.05) is 0 Å². The van der Waals surface area contributed by atoms with Crippen molar-refractivity contribution < 1.29 is 0 Å². The third kappa shape index (κ3) is 1.37. The van der Waals surface area contributed by atoms with Gasteiger partial charge in [-0.05, 0) is 55.0 Å². The Bertz CT molecular complexity index is 525. The molecule has 1 heterocycles. The molecular weight excluding hydrogens is 196 g/mol. The second kappa shape index (κ2) is 3.63. The van der Waals surface area contributed by atoms with Crippen molar-refractivity contribution in [1.29, 1.82) is 0 Å². The Balaban J connectivity index is 2.16. The third-order valence-corrected chi connectivity index (χ3v) is 3.79. The van der Waals surface area contributed by atoms with Gasteiger partial charge in [0.2, 0.25) is 0 Å². The smallest absolute Gasteiger partial charge is 0.0459 e. The van der Waals surface area contributed by atoms with E-state index in [1.165, 1.54) is 41.4 Å². The van der Waals surface area contributed by atoms with Crippen LogP contribution in [0.15, 0.2) is 18.2 Å². The fourth-order valence-corrected chi connectivity index (χ4v) is 2.70. The molecule has 0 bridgehead atoms. The SMILES string of the molecule is CC(CN)c1ccc2[nH]c3c(c2c1)CCC3. The lowest BCUT2D eigenvalue weighted by molar-refractivity contribution is 0.775. The molecule has 1 unspecified atom stereocenters. The maximum atomic E-state index is 5.73. The second-order valence-corrected chi connectivity index (χ2v) is 4.88. The van der Waals surface area contributed by atoms with Gasteiger partial charge in [0.05, 0.1) is 0 Å². The van der Waals surface area contributed by atoms with E-state index in [9.17, 15) is 0 Å². The summed E-state index contributed by atoms with van der Waals surface area (Å²) in [5.41, 5.74) is 11.4. The minimum atomic E-state index is 0.455. The molecule has 1 aliphatic rings. The van der Waals surface area contributed by atoms with E-state index >= 15 is 0 Å². The van der Waals surface area contributed by atoms with Crippen molar-refractivity contribution in [3.05, 3.63) is 35.0 Å².